The van der Waals surface area contributed by atoms with Crippen molar-refractivity contribution in [3.63, 3.8) is 0 Å². The van der Waals surface area contributed by atoms with Crippen molar-refractivity contribution in [1.82, 2.24) is 15.2 Å². The Bertz CT molecular complexity index is 311. The highest BCUT2D eigenvalue weighted by Crippen LogP contribution is 1.93. The molecule has 0 aliphatic carbocycles. The van der Waals surface area contributed by atoms with Crippen LogP contribution in [0.3, 0.4) is 0 Å². The number of hydrazone groups is 1. The second-order valence-corrected chi connectivity index (χ2v) is 3.27. The van der Waals surface area contributed by atoms with Crippen molar-refractivity contribution < 1.29 is 4.79 Å². The maximum absolute atomic E-state index is 11.3. The Labute approximate surface area is 89.5 Å². The van der Waals surface area contributed by atoms with Gasteiger partial charge < -0.3 is 9.80 Å². The Morgan fingerprint density at radius 2 is 1.93 bits per heavy atom. The molecule has 0 rings (SSSR count). The van der Waals surface area contributed by atoms with Gasteiger partial charge in [0.05, 0.1) is 0 Å². The minimum atomic E-state index is -0.524. The molecule has 0 aliphatic rings. The summed E-state index contributed by atoms with van der Waals surface area (Å²) >= 11 is 0. The molecule has 6 nitrogen and oxygen atoms in total. The van der Waals surface area contributed by atoms with Gasteiger partial charge in [0.25, 0.3) is 5.91 Å². The highest BCUT2D eigenvalue weighted by molar-refractivity contribution is 5.97. The standard InChI is InChI=1S/C9H15N5O/c1-13(2)6-8(5-10)9(15)12-11-7-14(3)4/h6-7H,1-4H3,(H,12,15)/b8-6+,11-7-. The predicted octanol–water partition coefficient (Wildman–Crippen LogP) is -0.423. The van der Waals surface area contributed by atoms with E-state index >= 15 is 0 Å². The lowest BCUT2D eigenvalue weighted by atomic mass is 10.3. The lowest BCUT2D eigenvalue weighted by molar-refractivity contribution is -0.117. The Balaban J connectivity index is 4.38. The van der Waals surface area contributed by atoms with Gasteiger partial charge in [0.2, 0.25) is 0 Å². The predicted molar refractivity (Wildman–Crippen MR) is 57.7 cm³/mol. The van der Waals surface area contributed by atoms with Crippen LogP contribution in [0.25, 0.3) is 0 Å². The second kappa shape index (κ2) is 6.43. The number of carbonyl (C=O) groups is 1. The lowest BCUT2D eigenvalue weighted by Gasteiger charge is -2.06. The monoisotopic (exact) mass is 209 g/mol. The number of nitriles is 1. The summed E-state index contributed by atoms with van der Waals surface area (Å²) in [6.45, 7) is 0. The summed E-state index contributed by atoms with van der Waals surface area (Å²) in [7, 11) is 7.01. The van der Waals surface area contributed by atoms with Gasteiger partial charge in [-0.3, -0.25) is 4.79 Å². The molecule has 0 atom stereocenters. The van der Waals surface area contributed by atoms with Gasteiger partial charge in [0.1, 0.15) is 18.0 Å². The number of hydrogen-bond acceptors (Lipinski definition) is 4. The molecule has 0 unspecified atom stereocenters. The van der Waals surface area contributed by atoms with Crippen LogP contribution >= 0.6 is 0 Å². The van der Waals surface area contributed by atoms with E-state index in [0.29, 0.717) is 0 Å². The van der Waals surface area contributed by atoms with Gasteiger partial charge in [0.15, 0.2) is 0 Å². The van der Waals surface area contributed by atoms with Gasteiger partial charge in [-0.2, -0.15) is 10.4 Å². The number of amides is 1. The summed E-state index contributed by atoms with van der Waals surface area (Å²) in [5, 5.41) is 12.3. The van der Waals surface area contributed by atoms with Crippen molar-refractivity contribution in [2.45, 2.75) is 0 Å². The van der Waals surface area contributed by atoms with Crippen LogP contribution in [0.1, 0.15) is 0 Å². The zero-order chi connectivity index (χ0) is 11.8. The van der Waals surface area contributed by atoms with Gasteiger partial charge in [-0.1, -0.05) is 0 Å². The van der Waals surface area contributed by atoms with Crippen LogP contribution in [0.5, 0.6) is 0 Å². The first-order chi connectivity index (χ1) is 6.97. The van der Waals surface area contributed by atoms with Gasteiger partial charge in [-0.25, -0.2) is 5.43 Å². The van der Waals surface area contributed by atoms with Crippen LogP contribution in [-0.4, -0.2) is 50.2 Å². The van der Waals surface area contributed by atoms with Crippen molar-refractivity contribution >= 4 is 12.2 Å². The zero-order valence-corrected chi connectivity index (χ0v) is 9.35. The quantitative estimate of drug-likeness (QED) is 0.224. The highest BCUT2D eigenvalue weighted by atomic mass is 16.2. The normalized spacial score (nSPS) is 11.0. The maximum Gasteiger partial charge on any atom is 0.283 e. The molecule has 0 saturated heterocycles. The molecule has 0 aromatic carbocycles. The minimum Gasteiger partial charge on any atom is -0.382 e. The van der Waals surface area contributed by atoms with Crippen LogP contribution < -0.4 is 5.43 Å². The molecule has 82 valence electrons. The van der Waals surface area contributed by atoms with Crippen LogP contribution in [0, 0.1) is 11.3 Å². The van der Waals surface area contributed by atoms with Crippen LogP contribution in [-0.2, 0) is 4.79 Å². The molecule has 0 saturated carbocycles. The molecule has 1 N–H and O–H groups in total. The van der Waals surface area contributed by atoms with Crippen LogP contribution in [0.4, 0.5) is 0 Å². The topological polar surface area (TPSA) is 71.7 Å². The maximum atomic E-state index is 11.3. The molecule has 6 heteroatoms. The Morgan fingerprint density at radius 1 is 1.33 bits per heavy atom. The summed E-state index contributed by atoms with van der Waals surface area (Å²) in [5.74, 6) is -0.524. The fraction of sp³-hybridized carbons (Fsp3) is 0.444. The Kier molecular flexibility index (Phi) is 5.56. The van der Waals surface area contributed by atoms with Crippen LogP contribution in [0.15, 0.2) is 16.9 Å². The fourth-order valence-corrected chi connectivity index (χ4v) is 0.660. The molecular weight excluding hydrogens is 194 g/mol. The molecule has 15 heavy (non-hydrogen) atoms. The molecule has 0 heterocycles. The number of hydrogen-bond donors (Lipinski definition) is 1. The van der Waals surface area contributed by atoms with Crippen molar-refractivity contribution in [3.8, 4) is 6.07 Å². The first-order valence-corrected chi connectivity index (χ1v) is 4.25. The average Bonchev–Trinajstić information content (AvgIpc) is 2.13. The van der Waals surface area contributed by atoms with Gasteiger partial charge >= 0.3 is 0 Å². The Morgan fingerprint density at radius 3 is 2.33 bits per heavy atom. The largest absolute Gasteiger partial charge is 0.382 e. The van der Waals surface area contributed by atoms with E-state index < -0.39 is 5.91 Å². The van der Waals surface area contributed by atoms with E-state index in [-0.39, 0.29) is 5.57 Å². The van der Waals surface area contributed by atoms with Gasteiger partial charge in [0, 0.05) is 34.4 Å². The summed E-state index contributed by atoms with van der Waals surface area (Å²) in [6.07, 6.45) is 2.86. The third kappa shape index (κ3) is 6.10. The molecule has 0 radical (unpaired) electrons. The number of nitrogens with zero attached hydrogens (tertiary/aromatic N) is 4. The van der Waals surface area contributed by atoms with Crippen LogP contribution in [0.2, 0.25) is 0 Å². The van der Waals surface area contributed by atoms with E-state index in [9.17, 15) is 4.79 Å². The first-order valence-electron chi connectivity index (χ1n) is 4.25. The van der Waals surface area contributed by atoms with E-state index in [0.717, 1.165) is 0 Å². The van der Waals surface area contributed by atoms with E-state index in [2.05, 4.69) is 10.5 Å². The number of rotatable bonds is 4. The fourth-order valence-electron chi connectivity index (χ4n) is 0.660. The average molecular weight is 209 g/mol. The molecule has 0 aromatic rings. The molecule has 1 amide bonds. The summed E-state index contributed by atoms with van der Waals surface area (Å²) in [5.41, 5.74) is 2.25. The SMILES string of the molecule is CN(C)/C=N\NC(=O)/C(C#N)=C/N(C)C. The third-order valence-corrected chi connectivity index (χ3v) is 1.21. The molecular formula is C9H15N5O. The van der Waals surface area contributed by atoms with Crippen molar-refractivity contribution in [2.24, 2.45) is 5.10 Å². The Hall–Kier alpha value is -2.03. The number of carbonyl (C=O) groups excluding carboxylic acids is 1. The van der Waals surface area contributed by atoms with E-state index in [1.807, 2.05) is 0 Å². The third-order valence-electron chi connectivity index (χ3n) is 1.21. The smallest absolute Gasteiger partial charge is 0.283 e. The van der Waals surface area contributed by atoms with Crippen molar-refractivity contribution in [2.75, 3.05) is 28.2 Å². The molecule has 0 aliphatic heterocycles. The minimum absolute atomic E-state index is 0.0101. The lowest BCUT2D eigenvalue weighted by Crippen LogP contribution is -2.22. The summed E-state index contributed by atoms with van der Waals surface area (Å²) in [6, 6.07) is 1.79. The first kappa shape index (κ1) is 13.0. The summed E-state index contributed by atoms with van der Waals surface area (Å²) in [4.78, 5) is 14.6. The second-order valence-electron chi connectivity index (χ2n) is 3.27. The number of nitrogens with one attached hydrogen (secondary N) is 1. The molecule has 0 fully saturated rings. The van der Waals surface area contributed by atoms with E-state index in [1.165, 1.54) is 12.5 Å². The van der Waals surface area contributed by atoms with Gasteiger partial charge in [-0.15, -0.1) is 0 Å². The van der Waals surface area contributed by atoms with Crippen molar-refractivity contribution in [1.29, 1.82) is 5.26 Å². The zero-order valence-electron chi connectivity index (χ0n) is 9.35. The highest BCUT2D eigenvalue weighted by Gasteiger charge is 2.07. The molecule has 0 aromatic heterocycles. The van der Waals surface area contributed by atoms with Crippen molar-refractivity contribution in [3.05, 3.63) is 11.8 Å². The van der Waals surface area contributed by atoms with E-state index in [4.69, 9.17) is 5.26 Å². The molecule has 0 spiro atoms. The molecule has 0 bridgehead atoms. The summed E-state index contributed by atoms with van der Waals surface area (Å²) < 4.78 is 0. The van der Waals surface area contributed by atoms with Gasteiger partial charge in [-0.05, 0) is 0 Å². The van der Waals surface area contributed by atoms with E-state index in [1.54, 1.807) is 44.1 Å².